The molecule has 2 aromatic rings. The van der Waals surface area contributed by atoms with Crippen LogP contribution in [0.4, 0.5) is 0 Å². The molecule has 0 aromatic heterocycles. The van der Waals surface area contributed by atoms with Crippen LogP contribution in [0.1, 0.15) is 49.9 Å². The zero-order valence-electron chi connectivity index (χ0n) is 13.7. The van der Waals surface area contributed by atoms with Gasteiger partial charge in [-0.3, -0.25) is 0 Å². The predicted molar refractivity (Wildman–Crippen MR) is 91.7 cm³/mol. The lowest BCUT2D eigenvalue weighted by Gasteiger charge is -2.24. The molecular formula is C20H27N. The minimum atomic E-state index is 0.257. The summed E-state index contributed by atoms with van der Waals surface area (Å²) in [7, 11) is 2.04. The zero-order chi connectivity index (χ0) is 15.3. The molecule has 1 unspecified atom stereocenters. The molecule has 0 aliphatic carbocycles. The third kappa shape index (κ3) is 3.95. The first kappa shape index (κ1) is 15.8. The van der Waals surface area contributed by atoms with E-state index in [-0.39, 0.29) is 5.41 Å². The Hall–Kier alpha value is -1.60. The second kappa shape index (κ2) is 6.91. The van der Waals surface area contributed by atoms with E-state index in [1.54, 1.807) is 0 Å². The van der Waals surface area contributed by atoms with E-state index in [2.05, 4.69) is 80.7 Å². The van der Waals surface area contributed by atoms with E-state index < -0.39 is 0 Å². The number of benzene rings is 2. The highest BCUT2D eigenvalue weighted by Crippen LogP contribution is 2.28. The van der Waals surface area contributed by atoms with Gasteiger partial charge in [-0.05, 0) is 42.0 Å². The third-order valence-corrected chi connectivity index (χ3v) is 4.61. The standard InChI is InChI=1S/C20H27N/c1-5-20(2,3)18-13-11-17(12-14-18)19(21-4)15-16-9-7-6-8-10-16/h6-14,19,21H,5,15H2,1-4H3. The van der Waals surface area contributed by atoms with Gasteiger partial charge in [-0.25, -0.2) is 0 Å². The molecule has 0 spiro atoms. The summed E-state index contributed by atoms with van der Waals surface area (Å²) in [5.74, 6) is 0. The van der Waals surface area contributed by atoms with E-state index in [4.69, 9.17) is 0 Å². The molecule has 2 rings (SSSR count). The van der Waals surface area contributed by atoms with Gasteiger partial charge in [0.25, 0.3) is 0 Å². The summed E-state index contributed by atoms with van der Waals surface area (Å²) in [6, 6.07) is 20.2. The topological polar surface area (TPSA) is 12.0 Å². The Bertz CT molecular complexity index is 540. The Morgan fingerprint density at radius 3 is 2.10 bits per heavy atom. The first-order valence-electron chi connectivity index (χ1n) is 7.88. The molecule has 2 aromatic carbocycles. The fraction of sp³-hybridized carbons (Fsp3) is 0.400. The van der Waals surface area contributed by atoms with Crippen LogP contribution >= 0.6 is 0 Å². The summed E-state index contributed by atoms with van der Waals surface area (Å²) in [5, 5.41) is 3.44. The lowest BCUT2D eigenvalue weighted by atomic mass is 9.81. The van der Waals surface area contributed by atoms with Crippen molar-refractivity contribution in [2.45, 2.75) is 45.1 Å². The molecule has 0 heterocycles. The van der Waals surface area contributed by atoms with Gasteiger partial charge in [0.2, 0.25) is 0 Å². The number of hydrogen-bond acceptors (Lipinski definition) is 1. The Balaban J connectivity index is 2.16. The summed E-state index contributed by atoms with van der Waals surface area (Å²) in [6.45, 7) is 6.86. The molecule has 1 nitrogen and oxygen atoms in total. The second-order valence-electron chi connectivity index (χ2n) is 6.39. The first-order valence-corrected chi connectivity index (χ1v) is 7.88. The number of nitrogens with one attached hydrogen (secondary N) is 1. The summed E-state index contributed by atoms with van der Waals surface area (Å²) >= 11 is 0. The molecule has 1 atom stereocenters. The molecule has 21 heavy (non-hydrogen) atoms. The van der Waals surface area contributed by atoms with Crippen LogP contribution in [0.5, 0.6) is 0 Å². The normalized spacial score (nSPS) is 13.1. The molecule has 0 fully saturated rings. The van der Waals surface area contributed by atoms with Crippen LogP contribution in [0, 0.1) is 0 Å². The maximum absolute atomic E-state index is 3.44. The molecule has 0 aliphatic heterocycles. The van der Waals surface area contributed by atoms with Crippen LogP contribution in [-0.2, 0) is 11.8 Å². The van der Waals surface area contributed by atoms with Gasteiger partial charge < -0.3 is 5.32 Å². The molecule has 1 heteroatoms. The quantitative estimate of drug-likeness (QED) is 0.796. The van der Waals surface area contributed by atoms with E-state index >= 15 is 0 Å². The SMILES string of the molecule is CCC(C)(C)c1ccc(C(Cc2ccccc2)NC)cc1. The average molecular weight is 281 g/mol. The van der Waals surface area contributed by atoms with Gasteiger partial charge in [0.05, 0.1) is 0 Å². The van der Waals surface area contributed by atoms with E-state index in [0.717, 1.165) is 12.8 Å². The van der Waals surface area contributed by atoms with Crippen LogP contribution in [0.2, 0.25) is 0 Å². The Morgan fingerprint density at radius 1 is 0.952 bits per heavy atom. The van der Waals surface area contributed by atoms with Crippen LogP contribution in [0.15, 0.2) is 54.6 Å². The smallest absolute Gasteiger partial charge is 0.0358 e. The molecule has 0 bridgehead atoms. The summed E-state index contributed by atoms with van der Waals surface area (Å²) in [5.41, 5.74) is 4.41. The molecule has 1 N–H and O–H groups in total. The Morgan fingerprint density at radius 2 is 1.57 bits per heavy atom. The van der Waals surface area contributed by atoms with Crippen LogP contribution in [0.3, 0.4) is 0 Å². The van der Waals surface area contributed by atoms with Crippen LogP contribution in [0.25, 0.3) is 0 Å². The fourth-order valence-electron chi connectivity index (χ4n) is 2.61. The average Bonchev–Trinajstić information content (AvgIpc) is 2.54. The third-order valence-electron chi connectivity index (χ3n) is 4.61. The summed E-state index contributed by atoms with van der Waals surface area (Å²) in [4.78, 5) is 0. The lowest BCUT2D eigenvalue weighted by molar-refractivity contribution is 0.505. The highest BCUT2D eigenvalue weighted by molar-refractivity contribution is 5.31. The number of hydrogen-bond donors (Lipinski definition) is 1. The fourth-order valence-corrected chi connectivity index (χ4v) is 2.61. The van der Waals surface area contributed by atoms with Crippen molar-refractivity contribution in [1.82, 2.24) is 5.32 Å². The minimum Gasteiger partial charge on any atom is -0.313 e. The van der Waals surface area contributed by atoms with Crippen molar-refractivity contribution < 1.29 is 0 Å². The van der Waals surface area contributed by atoms with Crippen molar-refractivity contribution in [1.29, 1.82) is 0 Å². The van der Waals surface area contributed by atoms with Crippen LogP contribution < -0.4 is 5.32 Å². The van der Waals surface area contributed by atoms with E-state index in [9.17, 15) is 0 Å². The number of rotatable bonds is 6. The van der Waals surface area contributed by atoms with Crippen molar-refractivity contribution in [3.05, 3.63) is 71.3 Å². The van der Waals surface area contributed by atoms with E-state index in [0.29, 0.717) is 6.04 Å². The van der Waals surface area contributed by atoms with Gasteiger partial charge in [0.15, 0.2) is 0 Å². The maximum atomic E-state index is 3.44. The molecule has 0 radical (unpaired) electrons. The van der Waals surface area contributed by atoms with Gasteiger partial charge in [-0.2, -0.15) is 0 Å². The lowest BCUT2D eigenvalue weighted by Crippen LogP contribution is -2.20. The van der Waals surface area contributed by atoms with Crippen molar-refractivity contribution in [2.75, 3.05) is 7.05 Å². The molecular weight excluding hydrogens is 254 g/mol. The summed E-state index contributed by atoms with van der Waals surface area (Å²) in [6.07, 6.45) is 2.18. The van der Waals surface area contributed by atoms with Gasteiger partial charge in [-0.1, -0.05) is 75.4 Å². The largest absolute Gasteiger partial charge is 0.313 e. The predicted octanol–water partition coefficient (Wildman–Crippen LogP) is 4.88. The monoisotopic (exact) mass is 281 g/mol. The molecule has 0 amide bonds. The second-order valence-corrected chi connectivity index (χ2v) is 6.39. The molecule has 0 saturated heterocycles. The van der Waals surface area contributed by atoms with Gasteiger partial charge in [0, 0.05) is 6.04 Å². The maximum Gasteiger partial charge on any atom is 0.0358 e. The Labute approximate surface area is 129 Å². The minimum absolute atomic E-state index is 0.257. The molecule has 0 aliphatic rings. The zero-order valence-corrected chi connectivity index (χ0v) is 13.7. The van der Waals surface area contributed by atoms with Crippen molar-refractivity contribution in [2.24, 2.45) is 0 Å². The highest BCUT2D eigenvalue weighted by atomic mass is 14.9. The van der Waals surface area contributed by atoms with Crippen molar-refractivity contribution in [3.8, 4) is 0 Å². The van der Waals surface area contributed by atoms with Gasteiger partial charge in [-0.15, -0.1) is 0 Å². The molecule has 112 valence electrons. The molecule has 0 saturated carbocycles. The van der Waals surface area contributed by atoms with Crippen molar-refractivity contribution >= 4 is 0 Å². The highest BCUT2D eigenvalue weighted by Gasteiger charge is 2.18. The first-order chi connectivity index (χ1) is 10.1. The van der Waals surface area contributed by atoms with Crippen LogP contribution in [-0.4, -0.2) is 7.05 Å². The summed E-state index contributed by atoms with van der Waals surface area (Å²) < 4.78 is 0. The van der Waals surface area contributed by atoms with E-state index in [1.165, 1.54) is 16.7 Å². The van der Waals surface area contributed by atoms with Gasteiger partial charge >= 0.3 is 0 Å². The van der Waals surface area contributed by atoms with Crippen molar-refractivity contribution in [3.63, 3.8) is 0 Å². The Kier molecular flexibility index (Phi) is 5.19. The van der Waals surface area contributed by atoms with Gasteiger partial charge in [0.1, 0.15) is 0 Å². The van der Waals surface area contributed by atoms with E-state index in [1.807, 2.05) is 7.05 Å². The number of likely N-dealkylation sites (N-methyl/N-ethyl adjacent to an activating group) is 1.